The van der Waals surface area contributed by atoms with E-state index in [0.29, 0.717) is 0 Å². The third kappa shape index (κ3) is 4.87. The quantitative estimate of drug-likeness (QED) is 0.443. The maximum atomic E-state index is 11.8. The SMILES string of the molecule is CCOC(=O)C(C(=O)OCC)C(C)(O)C=C(C)C. The van der Waals surface area contributed by atoms with Crippen LogP contribution in [0.25, 0.3) is 0 Å². The molecule has 0 aliphatic carbocycles. The number of rotatable bonds is 6. The van der Waals surface area contributed by atoms with Crippen LogP contribution in [0.2, 0.25) is 0 Å². The first kappa shape index (κ1) is 16.6. The van der Waals surface area contributed by atoms with Gasteiger partial charge in [0.05, 0.1) is 13.2 Å². The van der Waals surface area contributed by atoms with Gasteiger partial charge in [-0.15, -0.1) is 0 Å². The minimum atomic E-state index is -1.63. The normalized spacial score (nSPS) is 13.7. The number of allylic oxidation sites excluding steroid dienone is 1. The number of carbonyl (C=O) groups is 2. The smallest absolute Gasteiger partial charge is 0.323 e. The molecule has 0 radical (unpaired) electrons. The van der Waals surface area contributed by atoms with Gasteiger partial charge in [0.25, 0.3) is 0 Å². The molecule has 0 amide bonds. The van der Waals surface area contributed by atoms with Crippen molar-refractivity contribution < 1.29 is 24.2 Å². The van der Waals surface area contributed by atoms with Gasteiger partial charge in [0.1, 0.15) is 5.60 Å². The lowest BCUT2D eigenvalue weighted by atomic mass is 9.87. The Labute approximate surface area is 108 Å². The molecule has 18 heavy (non-hydrogen) atoms. The van der Waals surface area contributed by atoms with Gasteiger partial charge in [-0.25, -0.2) is 0 Å². The zero-order valence-corrected chi connectivity index (χ0v) is 11.6. The standard InChI is InChI=1S/C13H22O5/c1-6-17-11(14)10(12(15)18-7-2)13(5,16)8-9(3)4/h8,10,16H,6-7H2,1-5H3. The Morgan fingerprint density at radius 1 is 1.17 bits per heavy atom. The Hall–Kier alpha value is -1.36. The lowest BCUT2D eigenvalue weighted by Gasteiger charge is -2.27. The van der Waals surface area contributed by atoms with Gasteiger partial charge >= 0.3 is 11.9 Å². The Morgan fingerprint density at radius 2 is 1.56 bits per heavy atom. The fraction of sp³-hybridized carbons (Fsp3) is 0.692. The van der Waals surface area contributed by atoms with E-state index in [0.717, 1.165) is 5.57 Å². The summed E-state index contributed by atoms with van der Waals surface area (Å²) in [5.74, 6) is -2.93. The molecule has 0 heterocycles. The second-order valence-electron chi connectivity index (χ2n) is 4.38. The molecular weight excluding hydrogens is 236 g/mol. The summed E-state index contributed by atoms with van der Waals surface area (Å²) < 4.78 is 9.62. The van der Waals surface area contributed by atoms with E-state index in [1.54, 1.807) is 27.7 Å². The summed E-state index contributed by atoms with van der Waals surface area (Å²) in [5.41, 5.74) is -0.837. The third-order valence-corrected chi connectivity index (χ3v) is 2.21. The molecule has 0 spiro atoms. The molecule has 0 rings (SSSR count). The van der Waals surface area contributed by atoms with Crippen molar-refractivity contribution in [1.29, 1.82) is 0 Å². The number of hydrogen-bond donors (Lipinski definition) is 1. The zero-order valence-electron chi connectivity index (χ0n) is 11.6. The predicted octanol–water partition coefficient (Wildman–Crippen LogP) is 1.45. The third-order valence-electron chi connectivity index (χ3n) is 2.21. The minimum absolute atomic E-state index is 0.139. The Bertz CT molecular complexity index is 308. The molecule has 1 atom stereocenters. The molecule has 104 valence electrons. The summed E-state index contributed by atoms with van der Waals surface area (Å²) in [6, 6.07) is 0. The summed E-state index contributed by atoms with van der Waals surface area (Å²) in [6.45, 7) is 8.47. The van der Waals surface area contributed by atoms with E-state index >= 15 is 0 Å². The maximum absolute atomic E-state index is 11.8. The van der Waals surface area contributed by atoms with Crippen molar-refractivity contribution in [2.24, 2.45) is 5.92 Å². The predicted molar refractivity (Wildman–Crippen MR) is 66.8 cm³/mol. The molecule has 0 saturated heterocycles. The molecule has 0 fully saturated rings. The number of aliphatic hydroxyl groups is 1. The number of esters is 2. The zero-order chi connectivity index (χ0) is 14.3. The summed E-state index contributed by atoms with van der Waals surface area (Å²) in [4.78, 5) is 23.6. The molecule has 1 N–H and O–H groups in total. The highest BCUT2D eigenvalue weighted by Crippen LogP contribution is 2.23. The van der Waals surface area contributed by atoms with E-state index in [4.69, 9.17) is 9.47 Å². The Balaban J connectivity index is 5.26. The van der Waals surface area contributed by atoms with Gasteiger partial charge in [-0.1, -0.05) is 11.6 Å². The van der Waals surface area contributed by atoms with Crippen molar-refractivity contribution in [3.05, 3.63) is 11.6 Å². The van der Waals surface area contributed by atoms with Crippen molar-refractivity contribution >= 4 is 11.9 Å². The monoisotopic (exact) mass is 258 g/mol. The molecule has 0 aromatic rings. The lowest BCUT2D eigenvalue weighted by molar-refractivity contribution is -0.170. The Morgan fingerprint density at radius 3 is 1.83 bits per heavy atom. The van der Waals surface area contributed by atoms with E-state index < -0.39 is 23.5 Å². The highest BCUT2D eigenvalue weighted by molar-refractivity contribution is 5.96. The van der Waals surface area contributed by atoms with Crippen LogP contribution in [0.4, 0.5) is 0 Å². The van der Waals surface area contributed by atoms with Gasteiger partial charge in [0.2, 0.25) is 0 Å². The maximum Gasteiger partial charge on any atom is 0.323 e. The van der Waals surface area contributed by atoms with Gasteiger partial charge < -0.3 is 14.6 Å². The highest BCUT2D eigenvalue weighted by Gasteiger charge is 2.43. The fourth-order valence-corrected chi connectivity index (χ4v) is 1.69. The average molecular weight is 258 g/mol. The van der Waals surface area contributed by atoms with E-state index in [1.807, 2.05) is 0 Å². The van der Waals surface area contributed by atoms with Crippen LogP contribution in [0.15, 0.2) is 11.6 Å². The molecule has 0 bridgehead atoms. The molecule has 5 heteroatoms. The topological polar surface area (TPSA) is 72.8 Å². The minimum Gasteiger partial charge on any atom is -0.465 e. The van der Waals surface area contributed by atoms with Crippen LogP contribution in [0.1, 0.15) is 34.6 Å². The van der Waals surface area contributed by atoms with Gasteiger partial charge in [0, 0.05) is 0 Å². The second-order valence-corrected chi connectivity index (χ2v) is 4.38. The van der Waals surface area contributed by atoms with Crippen LogP contribution in [0.3, 0.4) is 0 Å². The summed E-state index contributed by atoms with van der Waals surface area (Å²) in [7, 11) is 0. The molecule has 0 aromatic heterocycles. The Kier molecular flexibility index (Phi) is 6.62. The van der Waals surface area contributed by atoms with E-state index in [9.17, 15) is 14.7 Å². The number of ether oxygens (including phenoxy) is 2. The first-order chi connectivity index (χ1) is 8.26. The average Bonchev–Trinajstić information content (AvgIpc) is 2.15. The van der Waals surface area contributed by atoms with Crippen molar-refractivity contribution in [2.75, 3.05) is 13.2 Å². The lowest BCUT2D eigenvalue weighted by Crippen LogP contribution is -2.45. The fourth-order valence-electron chi connectivity index (χ4n) is 1.69. The first-order valence-electron chi connectivity index (χ1n) is 5.98. The van der Waals surface area contributed by atoms with Crippen LogP contribution < -0.4 is 0 Å². The molecule has 5 nitrogen and oxygen atoms in total. The van der Waals surface area contributed by atoms with E-state index in [2.05, 4.69) is 0 Å². The molecule has 0 aliphatic rings. The van der Waals surface area contributed by atoms with Crippen molar-refractivity contribution in [1.82, 2.24) is 0 Å². The van der Waals surface area contributed by atoms with Crippen LogP contribution in [0.5, 0.6) is 0 Å². The largest absolute Gasteiger partial charge is 0.465 e. The van der Waals surface area contributed by atoms with Gasteiger partial charge in [-0.3, -0.25) is 9.59 Å². The van der Waals surface area contributed by atoms with Crippen LogP contribution >= 0.6 is 0 Å². The molecule has 1 unspecified atom stereocenters. The summed E-state index contributed by atoms with van der Waals surface area (Å²) in [5, 5.41) is 10.3. The van der Waals surface area contributed by atoms with E-state index in [1.165, 1.54) is 13.0 Å². The van der Waals surface area contributed by atoms with Gasteiger partial charge in [-0.05, 0) is 34.6 Å². The van der Waals surface area contributed by atoms with Crippen LogP contribution in [-0.4, -0.2) is 35.9 Å². The summed E-state index contributed by atoms with van der Waals surface area (Å²) >= 11 is 0. The van der Waals surface area contributed by atoms with Crippen molar-refractivity contribution in [3.63, 3.8) is 0 Å². The molecule has 0 saturated carbocycles. The molecule has 0 aliphatic heterocycles. The molecule has 0 aromatic carbocycles. The van der Waals surface area contributed by atoms with Crippen molar-refractivity contribution in [2.45, 2.75) is 40.2 Å². The van der Waals surface area contributed by atoms with Gasteiger partial charge in [-0.2, -0.15) is 0 Å². The highest BCUT2D eigenvalue weighted by atomic mass is 16.6. The van der Waals surface area contributed by atoms with Crippen molar-refractivity contribution in [3.8, 4) is 0 Å². The second kappa shape index (κ2) is 7.16. The number of hydrogen-bond acceptors (Lipinski definition) is 5. The van der Waals surface area contributed by atoms with Crippen LogP contribution in [-0.2, 0) is 19.1 Å². The summed E-state index contributed by atoms with van der Waals surface area (Å²) in [6.07, 6.45) is 1.45. The number of carbonyl (C=O) groups excluding carboxylic acids is 2. The van der Waals surface area contributed by atoms with Gasteiger partial charge in [0.15, 0.2) is 5.92 Å². The first-order valence-corrected chi connectivity index (χ1v) is 5.98. The van der Waals surface area contributed by atoms with Crippen LogP contribution in [0, 0.1) is 5.92 Å². The molecular formula is C13H22O5. The van der Waals surface area contributed by atoms with E-state index in [-0.39, 0.29) is 13.2 Å².